The van der Waals surface area contributed by atoms with Crippen molar-refractivity contribution in [3.05, 3.63) is 23.3 Å². The van der Waals surface area contributed by atoms with Gasteiger partial charge in [0.15, 0.2) is 11.5 Å². The van der Waals surface area contributed by atoms with Crippen LogP contribution in [0.1, 0.15) is 11.1 Å². The minimum atomic E-state index is -0.834. The molecule has 1 aromatic rings. The number of benzene rings is 1. The van der Waals surface area contributed by atoms with Gasteiger partial charge in [-0.1, -0.05) is 6.07 Å². The lowest BCUT2D eigenvalue weighted by Gasteiger charge is -2.11. The fraction of sp³-hybridized carbons (Fsp3) is 0.400. The van der Waals surface area contributed by atoms with Gasteiger partial charge in [0.25, 0.3) is 0 Å². The van der Waals surface area contributed by atoms with Crippen LogP contribution in [-0.2, 0) is 0 Å². The third kappa shape index (κ3) is 2.11. The normalized spacial score (nSPS) is 9.85. The van der Waals surface area contributed by atoms with Gasteiger partial charge < -0.3 is 9.47 Å². The van der Waals surface area contributed by atoms with Crippen molar-refractivity contribution in [2.45, 2.75) is 13.8 Å². The highest BCUT2D eigenvalue weighted by atomic mass is 19.1. The number of hydrogen-bond donors (Lipinski definition) is 0. The monoisotopic (exact) mass is 184 g/mol. The average Bonchev–Trinajstić information content (AvgIpc) is 2.04. The third-order valence-corrected chi connectivity index (χ3v) is 1.80. The molecule has 1 aromatic carbocycles. The van der Waals surface area contributed by atoms with Crippen molar-refractivity contribution in [1.82, 2.24) is 0 Å². The molecule has 0 fully saturated rings. The van der Waals surface area contributed by atoms with Crippen LogP contribution in [0.25, 0.3) is 0 Å². The van der Waals surface area contributed by atoms with Gasteiger partial charge in [0.1, 0.15) is 0 Å². The molecule has 3 heteroatoms. The Labute approximate surface area is 77.3 Å². The van der Waals surface area contributed by atoms with Crippen LogP contribution in [0.15, 0.2) is 12.1 Å². The summed E-state index contributed by atoms with van der Waals surface area (Å²) >= 11 is 0. The first kappa shape index (κ1) is 9.84. The Bertz CT molecular complexity index is 297. The Morgan fingerprint density at radius 2 is 2.00 bits per heavy atom. The van der Waals surface area contributed by atoms with Gasteiger partial charge in [-0.15, -0.1) is 0 Å². The highest BCUT2D eigenvalue weighted by molar-refractivity contribution is 5.48. The molecule has 0 N–H and O–H groups in total. The number of aryl methyl sites for hydroxylation is 2. The minimum Gasteiger partial charge on any atom is -0.493 e. The zero-order valence-corrected chi connectivity index (χ0v) is 8.06. The van der Waals surface area contributed by atoms with Gasteiger partial charge in [-0.3, -0.25) is 0 Å². The second kappa shape index (κ2) is 4.12. The average molecular weight is 184 g/mol. The van der Waals surface area contributed by atoms with E-state index in [0.29, 0.717) is 11.5 Å². The van der Waals surface area contributed by atoms with E-state index in [-0.39, 0.29) is 0 Å². The van der Waals surface area contributed by atoms with Crippen LogP contribution >= 0.6 is 0 Å². The van der Waals surface area contributed by atoms with Gasteiger partial charge in [0.05, 0.1) is 7.11 Å². The minimum absolute atomic E-state index is 0.461. The SMILES string of the molecule is COc1c(C)cc(C)cc1OCF. The highest BCUT2D eigenvalue weighted by Crippen LogP contribution is 2.31. The van der Waals surface area contributed by atoms with Crippen molar-refractivity contribution in [3.63, 3.8) is 0 Å². The van der Waals surface area contributed by atoms with E-state index in [0.717, 1.165) is 11.1 Å². The van der Waals surface area contributed by atoms with Crippen LogP contribution in [0.3, 0.4) is 0 Å². The molecular formula is C10H13FO2. The van der Waals surface area contributed by atoms with Gasteiger partial charge in [-0.25, -0.2) is 4.39 Å². The largest absolute Gasteiger partial charge is 0.493 e. The van der Waals surface area contributed by atoms with E-state index in [2.05, 4.69) is 0 Å². The van der Waals surface area contributed by atoms with Crippen LogP contribution in [0.5, 0.6) is 11.5 Å². The van der Waals surface area contributed by atoms with E-state index >= 15 is 0 Å². The van der Waals surface area contributed by atoms with E-state index < -0.39 is 6.86 Å². The van der Waals surface area contributed by atoms with Crippen molar-refractivity contribution in [1.29, 1.82) is 0 Å². The molecular weight excluding hydrogens is 171 g/mol. The summed E-state index contributed by atoms with van der Waals surface area (Å²) in [5.41, 5.74) is 1.98. The number of methoxy groups -OCH3 is 1. The summed E-state index contributed by atoms with van der Waals surface area (Å²) in [6.07, 6.45) is 0. The molecule has 0 saturated carbocycles. The molecule has 0 atom stereocenters. The van der Waals surface area contributed by atoms with E-state index in [1.54, 1.807) is 13.2 Å². The summed E-state index contributed by atoms with van der Waals surface area (Å²) in [6, 6.07) is 3.72. The molecule has 0 spiro atoms. The summed E-state index contributed by atoms with van der Waals surface area (Å²) in [4.78, 5) is 0. The van der Waals surface area contributed by atoms with E-state index in [9.17, 15) is 4.39 Å². The van der Waals surface area contributed by atoms with Crippen molar-refractivity contribution in [2.75, 3.05) is 14.0 Å². The maximum Gasteiger partial charge on any atom is 0.228 e. The molecule has 0 radical (unpaired) electrons. The fourth-order valence-electron chi connectivity index (χ4n) is 1.34. The zero-order valence-electron chi connectivity index (χ0n) is 8.06. The molecule has 0 unspecified atom stereocenters. The van der Waals surface area contributed by atoms with Crippen LogP contribution in [0.2, 0.25) is 0 Å². The quantitative estimate of drug-likeness (QED) is 0.718. The van der Waals surface area contributed by atoms with Crippen molar-refractivity contribution in [3.8, 4) is 11.5 Å². The predicted molar refractivity (Wildman–Crippen MR) is 49.1 cm³/mol. The molecule has 13 heavy (non-hydrogen) atoms. The Morgan fingerprint density at radius 3 is 2.54 bits per heavy atom. The number of ether oxygens (including phenoxy) is 2. The topological polar surface area (TPSA) is 18.5 Å². The Morgan fingerprint density at radius 1 is 1.31 bits per heavy atom. The molecule has 1 rings (SSSR count). The van der Waals surface area contributed by atoms with Gasteiger partial charge in [-0.2, -0.15) is 0 Å². The Kier molecular flexibility index (Phi) is 3.12. The summed E-state index contributed by atoms with van der Waals surface area (Å²) < 4.78 is 21.9. The van der Waals surface area contributed by atoms with Gasteiger partial charge >= 0.3 is 0 Å². The van der Waals surface area contributed by atoms with Gasteiger partial charge in [0.2, 0.25) is 6.86 Å². The highest BCUT2D eigenvalue weighted by Gasteiger charge is 2.07. The first-order valence-corrected chi connectivity index (χ1v) is 4.03. The summed E-state index contributed by atoms with van der Waals surface area (Å²) in [5, 5.41) is 0. The summed E-state index contributed by atoms with van der Waals surface area (Å²) in [7, 11) is 1.54. The predicted octanol–water partition coefficient (Wildman–Crippen LogP) is 2.62. The first-order chi connectivity index (χ1) is 6.19. The second-order valence-electron chi connectivity index (χ2n) is 2.87. The lowest BCUT2D eigenvalue weighted by atomic mass is 10.1. The van der Waals surface area contributed by atoms with E-state index in [4.69, 9.17) is 9.47 Å². The number of hydrogen-bond acceptors (Lipinski definition) is 2. The third-order valence-electron chi connectivity index (χ3n) is 1.80. The molecule has 0 aliphatic rings. The van der Waals surface area contributed by atoms with Gasteiger partial charge in [0, 0.05) is 0 Å². The molecule has 72 valence electrons. The standard InChI is InChI=1S/C10H13FO2/c1-7-4-8(2)10(12-3)9(5-7)13-6-11/h4-5H,6H2,1-3H3. The maximum absolute atomic E-state index is 12.0. The van der Waals surface area contributed by atoms with Crippen LogP contribution < -0.4 is 9.47 Å². The molecule has 0 aliphatic carbocycles. The maximum atomic E-state index is 12.0. The number of alkyl halides is 1. The lowest BCUT2D eigenvalue weighted by Crippen LogP contribution is -1.96. The van der Waals surface area contributed by atoms with Crippen LogP contribution in [-0.4, -0.2) is 14.0 Å². The molecule has 0 amide bonds. The fourth-order valence-corrected chi connectivity index (χ4v) is 1.34. The lowest BCUT2D eigenvalue weighted by molar-refractivity contribution is 0.184. The molecule has 0 aliphatic heterocycles. The second-order valence-corrected chi connectivity index (χ2v) is 2.87. The van der Waals surface area contributed by atoms with Crippen molar-refractivity contribution in [2.24, 2.45) is 0 Å². The van der Waals surface area contributed by atoms with E-state index in [1.807, 2.05) is 19.9 Å². The molecule has 0 bridgehead atoms. The summed E-state index contributed by atoms with van der Waals surface area (Å²) in [6.45, 7) is 2.99. The summed E-state index contributed by atoms with van der Waals surface area (Å²) in [5.74, 6) is 1.06. The van der Waals surface area contributed by atoms with Crippen LogP contribution in [0, 0.1) is 13.8 Å². The Balaban J connectivity index is 3.13. The zero-order chi connectivity index (χ0) is 9.84. The number of rotatable bonds is 3. The van der Waals surface area contributed by atoms with Crippen molar-refractivity contribution >= 4 is 0 Å². The molecule has 0 aromatic heterocycles. The smallest absolute Gasteiger partial charge is 0.228 e. The van der Waals surface area contributed by atoms with Crippen LogP contribution in [0.4, 0.5) is 4.39 Å². The van der Waals surface area contributed by atoms with Crippen molar-refractivity contribution < 1.29 is 13.9 Å². The van der Waals surface area contributed by atoms with Gasteiger partial charge in [-0.05, 0) is 31.0 Å². The molecule has 0 saturated heterocycles. The molecule has 0 heterocycles. The Hall–Kier alpha value is -1.25. The van der Waals surface area contributed by atoms with E-state index in [1.165, 1.54) is 0 Å². The number of halogens is 1. The first-order valence-electron chi connectivity index (χ1n) is 4.03. The molecule has 2 nitrogen and oxygen atoms in total.